The molecular weight excluding hydrogens is 576 g/mol. The second-order valence-corrected chi connectivity index (χ2v) is 15.2. The first-order valence-corrected chi connectivity index (χ1v) is 16.8. The van der Waals surface area contributed by atoms with Crippen LogP contribution in [0.5, 0.6) is 0 Å². The van der Waals surface area contributed by atoms with Crippen molar-refractivity contribution in [3.63, 3.8) is 0 Å². The Bertz CT molecular complexity index is 1670. The number of hydrogen-bond donors (Lipinski definition) is 2. The van der Waals surface area contributed by atoms with Crippen LogP contribution in [0.3, 0.4) is 0 Å². The molecule has 11 nitrogen and oxygen atoms in total. The van der Waals surface area contributed by atoms with E-state index in [2.05, 4.69) is 43.3 Å². The number of nitrogens with one attached hydrogen (secondary N) is 1. The smallest absolute Gasteiger partial charge is 0.334 e. The van der Waals surface area contributed by atoms with E-state index in [0.717, 1.165) is 80.0 Å². The van der Waals surface area contributed by atoms with Gasteiger partial charge in [0.1, 0.15) is 35.6 Å². The number of hydrogen-bond acceptors (Lipinski definition) is 10. The lowest BCUT2D eigenvalue weighted by Gasteiger charge is -2.56. The molecule has 0 bridgehead atoms. The molecule has 2 aromatic rings. The normalized spacial score (nSPS) is 45.7. The van der Waals surface area contributed by atoms with Gasteiger partial charge in [-0.2, -0.15) is 5.10 Å². The number of morpholine rings is 1. The monoisotopic (exact) mass is 618 g/mol. The maximum Gasteiger partial charge on any atom is 0.334 e. The van der Waals surface area contributed by atoms with Gasteiger partial charge in [0.05, 0.1) is 31.4 Å². The zero-order valence-corrected chi connectivity index (χ0v) is 26.2. The average molecular weight is 619 g/mol. The van der Waals surface area contributed by atoms with Crippen LogP contribution in [0, 0.1) is 17.3 Å². The lowest BCUT2D eigenvalue weighted by molar-refractivity contribution is -0.159. The summed E-state index contributed by atoms with van der Waals surface area (Å²) in [5.41, 5.74) is -0.0705. The molecule has 9 atom stereocenters. The fraction of sp³-hybridized carbons (Fsp3) is 0.706. The van der Waals surface area contributed by atoms with Crippen LogP contribution in [0.15, 0.2) is 35.5 Å². The Morgan fingerprint density at radius 3 is 2.78 bits per heavy atom. The predicted octanol–water partition coefficient (Wildman–Crippen LogP) is 2.27. The van der Waals surface area contributed by atoms with E-state index >= 15 is 0 Å². The van der Waals surface area contributed by atoms with E-state index in [0.29, 0.717) is 13.0 Å². The number of fused-ring (bicyclic) bond motifs is 5. The van der Waals surface area contributed by atoms with Crippen molar-refractivity contribution in [3.8, 4) is 0 Å². The van der Waals surface area contributed by atoms with E-state index in [4.69, 9.17) is 28.8 Å². The number of carbonyl (C=O) groups is 1. The molecule has 6 fully saturated rings. The number of nitrogens with zero attached hydrogens (tertiary/aromatic N) is 3. The molecule has 1 aromatic carbocycles. The fourth-order valence-electron chi connectivity index (χ4n) is 11.0. The second kappa shape index (κ2) is 8.67. The van der Waals surface area contributed by atoms with Crippen LogP contribution in [0.25, 0.3) is 10.9 Å². The minimum atomic E-state index is -1.32. The number of benzene rings is 1. The maximum absolute atomic E-state index is 13.2. The Morgan fingerprint density at radius 2 is 1.96 bits per heavy atom. The summed E-state index contributed by atoms with van der Waals surface area (Å²) < 4.78 is 33.3. The van der Waals surface area contributed by atoms with Gasteiger partial charge in [-0.3, -0.25) is 9.58 Å². The van der Waals surface area contributed by atoms with Crippen LogP contribution in [0.1, 0.15) is 40.0 Å². The first-order chi connectivity index (χ1) is 21.7. The van der Waals surface area contributed by atoms with Crippen molar-refractivity contribution in [3.05, 3.63) is 35.5 Å². The van der Waals surface area contributed by atoms with Gasteiger partial charge in [0.25, 0.3) is 0 Å². The Balaban J connectivity index is 0.957. The van der Waals surface area contributed by atoms with Crippen LogP contribution >= 0.6 is 0 Å². The summed E-state index contributed by atoms with van der Waals surface area (Å²) in [6.45, 7) is 12.5. The van der Waals surface area contributed by atoms with Crippen LogP contribution < -0.4 is 5.32 Å². The molecule has 1 aromatic heterocycles. The molecule has 0 amide bonds. The summed E-state index contributed by atoms with van der Waals surface area (Å²) in [4.78, 5) is 14.9. The third-order valence-corrected chi connectivity index (χ3v) is 13.2. The predicted molar refractivity (Wildman–Crippen MR) is 162 cm³/mol. The third-order valence-electron chi connectivity index (χ3n) is 13.2. The molecule has 6 heterocycles. The van der Waals surface area contributed by atoms with Gasteiger partial charge in [-0.25, -0.2) is 4.79 Å². The van der Waals surface area contributed by atoms with Crippen molar-refractivity contribution in [2.45, 2.75) is 87.3 Å². The summed E-state index contributed by atoms with van der Waals surface area (Å²) >= 11 is 0. The van der Waals surface area contributed by atoms with Gasteiger partial charge in [-0.1, -0.05) is 20.8 Å². The molecule has 3 aliphatic carbocycles. The van der Waals surface area contributed by atoms with Crippen LogP contribution in [0.4, 0.5) is 5.69 Å². The lowest BCUT2D eigenvalue weighted by atomic mass is 9.44. The number of aliphatic hydroxyl groups is 1. The average Bonchev–Trinajstić information content (AvgIpc) is 3.97. The summed E-state index contributed by atoms with van der Waals surface area (Å²) in [6, 6.07) is 6.20. The molecule has 10 rings (SSSR count). The lowest BCUT2D eigenvalue weighted by Crippen LogP contribution is -2.77. The first-order valence-electron chi connectivity index (χ1n) is 16.8. The molecule has 5 aliphatic heterocycles. The van der Waals surface area contributed by atoms with Crippen molar-refractivity contribution in [2.24, 2.45) is 17.3 Å². The minimum absolute atomic E-state index is 0.0648. The Hall–Kier alpha value is -2.54. The number of ether oxygens (including phenoxy) is 5. The molecule has 2 spiro atoms. The van der Waals surface area contributed by atoms with Crippen LogP contribution in [-0.2, 0) is 35.0 Å². The highest BCUT2D eigenvalue weighted by Crippen LogP contribution is 2.85. The third kappa shape index (κ3) is 3.14. The number of anilines is 1. The number of aromatic nitrogens is 2. The Labute approximate surface area is 262 Å². The van der Waals surface area contributed by atoms with Crippen molar-refractivity contribution >= 4 is 22.6 Å². The van der Waals surface area contributed by atoms with Crippen molar-refractivity contribution in [1.82, 2.24) is 14.7 Å². The fourth-order valence-corrected chi connectivity index (χ4v) is 11.0. The number of cyclic esters (lactones) is 1. The van der Waals surface area contributed by atoms with Gasteiger partial charge in [-0.15, -0.1) is 0 Å². The highest BCUT2D eigenvalue weighted by Gasteiger charge is 3.04. The molecule has 2 N–H and O–H groups in total. The molecule has 0 unspecified atom stereocenters. The summed E-state index contributed by atoms with van der Waals surface area (Å²) in [5, 5.41) is 22.7. The Morgan fingerprint density at radius 1 is 1.11 bits per heavy atom. The highest BCUT2D eigenvalue weighted by atomic mass is 16.7. The standard InChI is InChI=1S/C34H42N4O7/c1-19(2)32-27(44-32)28-34(45-28)30(3)7-6-22-23(17-42-29(22)39)24(30)15-26-33(34,43-26)31(32,40)18-35-21-4-5-25-20(14-21)16-38(36-25)9-8-37-10-12-41-13-11-37/h4-5,14,16,19,24,26-28,35,40H,6-13,15,17-18H2,1-3H3/t24-,26-,27-,28-,30-,31-,32-,33+,34+/m0/s1. The SMILES string of the molecule is CC(C)[C@]12O[C@H]1[C@@H]1O[C@]13[C@]1(O[C@H]1C[C@H]1C4=C(CC[C@@]13C)C(=O)OC4)[C@]2(O)CNc1ccc2nn(CCN3CCOCC3)cc2c1. The minimum Gasteiger partial charge on any atom is -0.458 e. The second-order valence-electron chi connectivity index (χ2n) is 15.2. The van der Waals surface area contributed by atoms with Crippen molar-refractivity contribution in [1.29, 1.82) is 0 Å². The van der Waals surface area contributed by atoms with Gasteiger partial charge < -0.3 is 34.1 Å². The molecule has 11 heteroatoms. The quantitative estimate of drug-likeness (QED) is 0.353. The zero-order valence-electron chi connectivity index (χ0n) is 26.2. The van der Waals surface area contributed by atoms with E-state index in [1.54, 1.807) is 0 Å². The van der Waals surface area contributed by atoms with Gasteiger partial charge in [0, 0.05) is 54.4 Å². The molecule has 0 radical (unpaired) electrons. The molecule has 8 aliphatic rings. The highest BCUT2D eigenvalue weighted by molar-refractivity contribution is 5.92. The number of epoxide rings is 3. The van der Waals surface area contributed by atoms with Gasteiger partial charge in [-0.05, 0) is 54.9 Å². The number of rotatable bonds is 7. The summed E-state index contributed by atoms with van der Waals surface area (Å²) in [7, 11) is 0. The number of carbonyl (C=O) groups excluding carboxylic acids is 1. The van der Waals surface area contributed by atoms with E-state index < -0.39 is 22.4 Å². The molecule has 45 heavy (non-hydrogen) atoms. The molecule has 240 valence electrons. The summed E-state index contributed by atoms with van der Waals surface area (Å²) in [5.74, 6) is 0.0256. The maximum atomic E-state index is 13.2. The van der Waals surface area contributed by atoms with Crippen LogP contribution in [0.2, 0.25) is 0 Å². The summed E-state index contributed by atoms with van der Waals surface area (Å²) in [6.07, 6.45) is 3.84. The zero-order chi connectivity index (χ0) is 30.6. The van der Waals surface area contributed by atoms with Crippen LogP contribution in [-0.4, -0.2) is 112 Å². The molecule has 4 saturated heterocycles. The largest absolute Gasteiger partial charge is 0.458 e. The van der Waals surface area contributed by atoms with E-state index in [9.17, 15) is 9.90 Å². The number of esters is 1. The Kier molecular flexibility index (Phi) is 5.31. The van der Waals surface area contributed by atoms with E-state index in [-0.39, 0.29) is 48.1 Å². The van der Waals surface area contributed by atoms with Gasteiger partial charge >= 0.3 is 5.97 Å². The van der Waals surface area contributed by atoms with Crippen molar-refractivity contribution < 1.29 is 33.6 Å². The topological polar surface area (TPSA) is 126 Å². The van der Waals surface area contributed by atoms with E-state index in [1.165, 1.54) is 0 Å². The molecular formula is C34H42N4O7. The van der Waals surface area contributed by atoms with E-state index in [1.807, 2.05) is 16.8 Å². The molecule has 2 saturated carbocycles. The van der Waals surface area contributed by atoms with Gasteiger partial charge in [0.2, 0.25) is 0 Å². The van der Waals surface area contributed by atoms with Gasteiger partial charge in [0.15, 0.2) is 5.60 Å². The first kappa shape index (κ1) is 27.6. The van der Waals surface area contributed by atoms with Crippen molar-refractivity contribution in [2.75, 3.05) is 51.3 Å².